The van der Waals surface area contributed by atoms with Crippen LogP contribution in [0.15, 0.2) is 23.8 Å². The van der Waals surface area contributed by atoms with E-state index in [-0.39, 0.29) is 35.1 Å². The van der Waals surface area contributed by atoms with Crippen molar-refractivity contribution in [2.75, 3.05) is 31.3 Å². The topological polar surface area (TPSA) is 303 Å². The summed E-state index contributed by atoms with van der Waals surface area (Å²) in [6.07, 6.45) is -6.55. The first kappa shape index (κ1) is 30.4. The van der Waals surface area contributed by atoms with Gasteiger partial charge in [-0.3, -0.25) is 28.0 Å². The van der Waals surface area contributed by atoms with E-state index in [4.69, 9.17) is 34.7 Å². The van der Waals surface area contributed by atoms with E-state index in [9.17, 15) is 29.6 Å². The summed E-state index contributed by atoms with van der Waals surface area (Å²) in [6, 6.07) is 0. The largest absolute Gasteiger partial charge is 0.472 e. The van der Waals surface area contributed by atoms with E-state index in [1.54, 1.807) is 6.92 Å². The molecule has 0 amide bonds. The molecule has 4 aromatic rings. The highest BCUT2D eigenvalue weighted by Crippen LogP contribution is 2.50. The number of phosphoric acid groups is 1. The zero-order valence-electron chi connectivity index (χ0n) is 22.9. The van der Waals surface area contributed by atoms with Gasteiger partial charge in [-0.25, -0.2) is 24.5 Å². The van der Waals surface area contributed by atoms with Crippen molar-refractivity contribution < 1.29 is 48.0 Å². The summed E-state index contributed by atoms with van der Waals surface area (Å²) in [7, 11) is -4.95. The number of H-pyrrole nitrogens is 1. The predicted octanol–water partition coefficient (Wildman–Crippen LogP) is -2.46. The highest BCUT2D eigenvalue weighted by Gasteiger charge is 2.51. The van der Waals surface area contributed by atoms with Gasteiger partial charge in [0.15, 0.2) is 35.1 Å². The summed E-state index contributed by atoms with van der Waals surface area (Å²) < 4.78 is 43.8. The first-order chi connectivity index (χ1) is 21.0. The van der Waals surface area contributed by atoms with Gasteiger partial charge in [0, 0.05) is 6.61 Å². The lowest BCUT2D eigenvalue weighted by Crippen LogP contribution is -2.38. The van der Waals surface area contributed by atoms with Gasteiger partial charge >= 0.3 is 7.82 Å². The SMILES string of the molecule is CCO[C@@H]1[C@H](OP(=O)(O)OC[C@H]2O[C@@H](n3cnc4c(=O)[nH]c(N)nc43)[C@H](O)[C@@H]2O)[C@@H](CO)O[C@H]1n1cnc2c(N)ncnc21. The smallest absolute Gasteiger partial charge is 0.394 e. The van der Waals surface area contributed by atoms with Crippen LogP contribution in [-0.4, -0.2) is 116 Å². The molecule has 6 rings (SSSR count). The van der Waals surface area contributed by atoms with Gasteiger partial charge in [0.2, 0.25) is 5.95 Å². The number of nitrogens with two attached hydrogens (primary N) is 2. The highest BCUT2D eigenvalue weighted by atomic mass is 31.2. The molecule has 0 aliphatic carbocycles. The maximum absolute atomic E-state index is 13.1. The van der Waals surface area contributed by atoms with Gasteiger partial charge in [0.1, 0.15) is 48.5 Å². The predicted molar refractivity (Wildman–Crippen MR) is 145 cm³/mol. The third-order valence-electron chi connectivity index (χ3n) is 7.20. The van der Waals surface area contributed by atoms with Crippen LogP contribution >= 0.6 is 7.82 Å². The molecule has 6 heterocycles. The Morgan fingerprint density at radius 1 is 1.00 bits per heavy atom. The van der Waals surface area contributed by atoms with Crippen LogP contribution in [0.25, 0.3) is 22.3 Å². The normalized spacial score (nSPS) is 30.4. The minimum Gasteiger partial charge on any atom is -0.394 e. The highest BCUT2D eigenvalue weighted by molar-refractivity contribution is 7.47. The number of aromatic nitrogens is 8. The molecule has 0 saturated carbocycles. The summed E-state index contributed by atoms with van der Waals surface area (Å²) in [6.45, 7) is 0.492. The molecule has 4 aromatic heterocycles. The maximum Gasteiger partial charge on any atom is 0.472 e. The number of ether oxygens (including phenoxy) is 3. The number of imidazole rings is 2. The molecule has 21 nitrogen and oxygen atoms in total. The molecule has 238 valence electrons. The van der Waals surface area contributed by atoms with Gasteiger partial charge < -0.3 is 45.9 Å². The Balaban J connectivity index is 1.17. The molecule has 0 spiro atoms. The Hall–Kier alpha value is -3.63. The zero-order chi connectivity index (χ0) is 31.3. The standard InChI is InChI=1S/C22H29N10O11P/c1-2-39-15-14(8(3-33)41-21(15)31-6-27-10-16(23)25-5-26-17(10)31)43-44(37,38)40-4-9-12(34)13(35)20(42-9)32-7-28-11-18(32)29-22(24)30-19(11)36/h5-9,12-15,20-21,33-35H,2-4H2,1H3,(H,37,38)(H2,23,25,26)(H3,24,29,30,36)/t8-,9-,12-,13-,14-,15-,20-,21-/m1/s1. The van der Waals surface area contributed by atoms with Crippen LogP contribution in [0.2, 0.25) is 0 Å². The van der Waals surface area contributed by atoms with Gasteiger partial charge in [0.25, 0.3) is 5.56 Å². The Morgan fingerprint density at radius 2 is 1.70 bits per heavy atom. The lowest BCUT2D eigenvalue weighted by molar-refractivity contribution is -0.0685. The summed E-state index contributed by atoms with van der Waals surface area (Å²) in [5, 5.41) is 31.3. The van der Waals surface area contributed by atoms with Crippen molar-refractivity contribution in [2.24, 2.45) is 0 Å². The van der Waals surface area contributed by atoms with E-state index in [2.05, 4.69) is 29.9 Å². The molecule has 22 heteroatoms. The lowest BCUT2D eigenvalue weighted by Gasteiger charge is -2.26. The molecule has 0 aromatic carbocycles. The van der Waals surface area contributed by atoms with Crippen LogP contribution in [0.4, 0.5) is 11.8 Å². The molecule has 1 unspecified atom stereocenters. The number of hydrogen-bond acceptors (Lipinski definition) is 17. The number of nitrogen functional groups attached to an aromatic ring is 2. The van der Waals surface area contributed by atoms with Gasteiger partial charge in [-0.2, -0.15) is 4.98 Å². The van der Waals surface area contributed by atoms with Crippen LogP contribution in [0, 0.1) is 0 Å². The quantitative estimate of drug-likeness (QED) is 0.0884. The van der Waals surface area contributed by atoms with Crippen LogP contribution < -0.4 is 17.0 Å². The Kier molecular flexibility index (Phi) is 8.09. The van der Waals surface area contributed by atoms with E-state index in [1.165, 1.54) is 28.1 Å². The number of hydrogen-bond donors (Lipinski definition) is 7. The number of aliphatic hydroxyl groups is 3. The molecule has 2 aliphatic rings. The number of nitrogens with zero attached hydrogens (tertiary/aromatic N) is 7. The second-order valence-electron chi connectivity index (χ2n) is 9.91. The van der Waals surface area contributed by atoms with Crippen molar-refractivity contribution in [3.63, 3.8) is 0 Å². The fourth-order valence-corrected chi connectivity index (χ4v) is 6.17. The molecule has 9 N–H and O–H groups in total. The molecule has 2 saturated heterocycles. The summed E-state index contributed by atoms with van der Waals surface area (Å²) >= 11 is 0. The van der Waals surface area contributed by atoms with Crippen LogP contribution in [0.1, 0.15) is 19.4 Å². The molecule has 0 bridgehead atoms. The average Bonchev–Trinajstić information content (AvgIpc) is 3.74. The monoisotopic (exact) mass is 640 g/mol. The second-order valence-corrected chi connectivity index (χ2v) is 11.3. The fraction of sp³-hybridized carbons (Fsp3) is 0.545. The molecular formula is C22H29N10O11P. The maximum atomic E-state index is 13.1. The zero-order valence-corrected chi connectivity index (χ0v) is 23.7. The average molecular weight is 641 g/mol. The Labute approximate surface area is 246 Å². The van der Waals surface area contributed by atoms with Gasteiger partial charge in [-0.15, -0.1) is 0 Å². The third kappa shape index (κ3) is 5.32. The number of rotatable bonds is 10. The second kappa shape index (κ2) is 11.7. The van der Waals surface area contributed by atoms with Crippen molar-refractivity contribution in [1.82, 2.24) is 39.0 Å². The molecule has 2 fully saturated rings. The van der Waals surface area contributed by atoms with E-state index < -0.39 is 75.7 Å². The first-order valence-corrected chi connectivity index (χ1v) is 14.7. The minimum atomic E-state index is -4.95. The van der Waals surface area contributed by atoms with Crippen LogP contribution in [0.3, 0.4) is 0 Å². The van der Waals surface area contributed by atoms with Gasteiger partial charge in [-0.05, 0) is 6.92 Å². The number of aliphatic hydroxyl groups excluding tert-OH is 3. The van der Waals surface area contributed by atoms with E-state index in [0.29, 0.717) is 5.65 Å². The fourth-order valence-electron chi connectivity index (χ4n) is 5.21. The Morgan fingerprint density at radius 3 is 2.43 bits per heavy atom. The van der Waals surface area contributed by atoms with Crippen molar-refractivity contribution in [3.05, 3.63) is 29.3 Å². The lowest BCUT2D eigenvalue weighted by atomic mass is 10.1. The summed E-state index contributed by atoms with van der Waals surface area (Å²) in [5.74, 6) is -0.0859. The third-order valence-corrected chi connectivity index (χ3v) is 8.19. The molecule has 44 heavy (non-hydrogen) atoms. The molecule has 9 atom stereocenters. The van der Waals surface area contributed by atoms with E-state index in [0.717, 1.165) is 0 Å². The first-order valence-electron chi connectivity index (χ1n) is 13.2. The molecule has 2 aliphatic heterocycles. The number of phosphoric ester groups is 1. The number of fused-ring (bicyclic) bond motifs is 2. The number of anilines is 2. The van der Waals surface area contributed by atoms with Crippen molar-refractivity contribution >= 4 is 41.9 Å². The van der Waals surface area contributed by atoms with Crippen LogP contribution in [-0.2, 0) is 27.8 Å². The number of nitrogens with one attached hydrogen (secondary N) is 1. The van der Waals surface area contributed by atoms with Crippen LogP contribution in [0.5, 0.6) is 0 Å². The summed E-state index contributed by atoms with van der Waals surface area (Å²) in [4.78, 5) is 45.3. The van der Waals surface area contributed by atoms with E-state index >= 15 is 0 Å². The minimum absolute atomic E-state index is 0.0205. The van der Waals surface area contributed by atoms with Crippen molar-refractivity contribution in [2.45, 2.75) is 56.0 Å². The van der Waals surface area contributed by atoms with Gasteiger partial charge in [0.05, 0.1) is 25.9 Å². The van der Waals surface area contributed by atoms with Crippen molar-refractivity contribution in [3.8, 4) is 0 Å². The molecule has 0 radical (unpaired) electrons. The number of aromatic amines is 1. The molecular weight excluding hydrogens is 611 g/mol. The van der Waals surface area contributed by atoms with Crippen molar-refractivity contribution in [1.29, 1.82) is 0 Å². The summed E-state index contributed by atoms with van der Waals surface area (Å²) in [5.41, 5.74) is 11.3. The Bertz CT molecular complexity index is 1770. The van der Waals surface area contributed by atoms with Gasteiger partial charge in [-0.1, -0.05) is 0 Å². The van der Waals surface area contributed by atoms with E-state index in [1.807, 2.05) is 0 Å².